The van der Waals surface area contributed by atoms with Crippen LogP contribution in [0.15, 0.2) is 18.2 Å². The Morgan fingerprint density at radius 1 is 1.33 bits per heavy atom. The first kappa shape index (κ1) is 11.5. The van der Waals surface area contributed by atoms with Gasteiger partial charge in [-0.1, -0.05) is 0 Å². The molecule has 1 atom stereocenters. The van der Waals surface area contributed by atoms with E-state index in [1.807, 2.05) is 0 Å². The first-order valence-corrected chi connectivity index (χ1v) is 5.87. The lowest BCUT2D eigenvalue weighted by Crippen LogP contribution is -2.26. The maximum absolute atomic E-state index is 12.9. The topological polar surface area (TPSA) is 33.7 Å². The molecule has 4 nitrogen and oxygen atoms in total. The van der Waals surface area contributed by atoms with E-state index in [1.165, 1.54) is 6.07 Å². The lowest BCUT2D eigenvalue weighted by atomic mass is 10.2. The molecule has 18 heavy (non-hydrogen) atoms. The molecular weight excluding hydrogens is 242 g/mol. The van der Waals surface area contributed by atoms with Gasteiger partial charge in [0.25, 0.3) is 0 Å². The van der Waals surface area contributed by atoms with Gasteiger partial charge in [0.1, 0.15) is 0 Å². The van der Waals surface area contributed by atoms with Gasteiger partial charge >= 0.3 is 6.29 Å². The standard InChI is InChI=1S/C12H14F2N2O2/c1-16-5-4-9(7-16)15-8-2-3-10-11(6-8)18-12(13,14)17-10/h2-3,6,9,15H,4-5,7H2,1H3. The lowest BCUT2D eigenvalue weighted by Gasteiger charge is -2.14. The molecule has 2 heterocycles. The van der Waals surface area contributed by atoms with Crippen molar-refractivity contribution in [2.45, 2.75) is 18.8 Å². The van der Waals surface area contributed by atoms with Gasteiger partial charge in [0, 0.05) is 24.3 Å². The molecule has 0 saturated carbocycles. The van der Waals surface area contributed by atoms with Crippen LogP contribution in [0.1, 0.15) is 6.42 Å². The molecule has 2 aliphatic heterocycles. The summed E-state index contributed by atoms with van der Waals surface area (Å²) in [5, 5.41) is 3.31. The number of alkyl halides is 2. The van der Waals surface area contributed by atoms with Crippen LogP contribution in [0.5, 0.6) is 11.5 Å². The van der Waals surface area contributed by atoms with Crippen LogP contribution in [0.3, 0.4) is 0 Å². The van der Waals surface area contributed by atoms with E-state index in [-0.39, 0.29) is 11.5 Å². The highest BCUT2D eigenvalue weighted by Crippen LogP contribution is 2.42. The number of benzene rings is 1. The van der Waals surface area contributed by atoms with E-state index in [9.17, 15) is 8.78 Å². The van der Waals surface area contributed by atoms with E-state index in [0.29, 0.717) is 6.04 Å². The smallest absolute Gasteiger partial charge is 0.395 e. The predicted molar refractivity (Wildman–Crippen MR) is 62.2 cm³/mol. The van der Waals surface area contributed by atoms with E-state index in [4.69, 9.17) is 0 Å². The third-order valence-electron chi connectivity index (χ3n) is 3.16. The summed E-state index contributed by atoms with van der Waals surface area (Å²) >= 11 is 0. The number of halogens is 2. The Morgan fingerprint density at radius 2 is 2.11 bits per heavy atom. The third kappa shape index (κ3) is 2.20. The maximum atomic E-state index is 12.9. The molecule has 1 N–H and O–H groups in total. The highest BCUT2D eigenvalue weighted by atomic mass is 19.3. The van der Waals surface area contributed by atoms with Gasteiger partial charge in [-0.2, -0.15) is 0 Å². The molecule has 1 saturated heterocycles. The fourth-order valence-corrected chi connectivity index (χ4v) is 2.33. The molecule has 1 aromatic carbocycles. The molecule has 0 bridgehead atoms. The summed E-state index contributed by atoms with van der Waals surface area (Å²) in [6.07, 6.45) is -2.50. The lowest BCUT2D eigenvalue weighted by molar-refractivity contribution is -0.286. The average Bonchev–Trinajstić information content (AvgIpc) is 2.80. The average molecular weight is 256 g/mol. The Morgan fingerprint density at radius 3 is 2.83 bits per heavy atom. The number of likely N-dealkylation sites (tertiary alicyclic amines) is 1. The Labute approximate surface area is 103 Å². The van der Waals surface area contributed by atoms with Crippen LogP contribution < -0.4 is 14.8 Å². The summed E-state index contributed by atoms with van der Waals surface area (Å²) < 4.78 is 34.5. The Balaban J connectivity index is 1.72. The van der Waals surface area contributed by atoms with Crippen molar-refractivity contribution in [1.82, 2.24) is 4.90 Å². The summed E-state index contributed by atoms with van der Waals surface area (Å²) in [4.78, 5) is 2.22. The van der Waals surface area contributed by atoms with E-state index in [0.717, 1.165) is 25.2 Å². The van der Waals surface area contributed by atoms with Gasteiger partial charge in [0.15, 0.2) is 11.5 Å². The molecule has 0 radical (unpaired) electrons. The molecule has 1 aromatic rings. The summed E-state index contributed by atoms with van der Waals surface area (Å²) in [6.45, 7) is 1.99. The van der Waals surface area contributed by atoms with Crippen molar-refractivity contribution < 1.29 is 18.3 Å². The van der Waals surface area contributed by atoms with Crippen molar-refractivity contribution in [3.63, 3.8) is 0 Å². The third-order valence-corrected chi connectivity index (χ3v) is 3.16. The second kappa shape index (κ2) is 3.98. The highest BCUT2D eigenvalue weighted by molar-refractivity contribution is 5.56. The minimum Gasteiger partial charge on any atom is -0.395 e. The maximum Gasteiger partial charge on any atom is 0.586 e. The number of nitrogens with zero attached hydrogens (tertiary/aromatic N) is 1. The molecule has 1 unspecified atom stereocenters. The number of hydrogen-bond donors (Lipinski definition) is 1. The van der Waals surface area contributed by atoms with Crippen molar-refractivity contribution in [3.05, 3.63) is 18.2 Å². The fraction of sp³-hybridized carbons (Fsp3) is 0.500. The van der Waals surface area contributed by atoms with Gasteiger partial charge in [0.2, 0.25) is 0 Å². The molecule has 6 heteroatoms. The fourth-order valence-electron chi connectivity index (χ4n) is 2.33. The van der Waals surface area contributed by atoms with Gasteiger partial charge in [0.05, 0.1) is 0 Å². The van der Waals surface area contributed by atoms with E-state index in [1.54, 1.807) is 12.1 Å². The van der Waals surface area contributed by atoms with Gasteiger partial charge in [-0.05, 0) is 32.1 Å². The normalized spacial score (nSPS) is 25.4. The predicted octanol–water partition coefficient (Wildman–Crippen LogP) is 2.12. The summed E-state index contributed by atoms with van der Waals surface area (Å²) in [7, 11) is 2.06. The number of likely N-dealkylation sites (N-methyl/N-ethyl adjacent to an activating group) is 1. The van der Waals surface area contributed by atoms with E-state index >= 15 is 0 Å². The van der Waals surface area contributed by atoms with Crippen LogP contribution in [0.2, 0.25) is 0 Å². The van der Waals surface area contributed by atoms with Crippen molar-refractivity contribution in [3.8, 4) is 11.5 Å². The van der Waals surface area contributed by atoms with Crippen molar-refractivity contribution in [2.75, 3.05) is 25.5 Å². The van der Waals surface area contributed by atoms with E-state index in [2.05, 4.69) is 26.7 Å². The summed E-state index contributed by atoms with van der Waals surface area (Å²) in [5.41, 5.74) is 0.773. The number of rotatable bonds is 2. The molecule has 98 valence electrons. The van der Waals surface area contributed by atoms with Crippen LogP contribution in [-0.2, 0) is 0 Å². The second-order valence-electron chi connectivity index (χ2n) is 4.72. The second-order valence-corrected chi connectivity index (χ2v) is 4.72. The van der Waals surface area contributed by atoms with Crippen molar-refractivity contribution in [2.24, 2.45) is 0 Å². The zero-order valence-electron chi connectivity index (χ0n) is 9.95. The first-order chi connectivity index (χ1) is 8.52. The molecule has 2 aliphatic rings. The van der Waals surface area contributed by atoms with Gasteiger partial charge in [-0.3, -0.25) is 0 Å². The number of fused-ring (bicyclic) bond motifs is 1. The van der Waals surface area contributed by atoms with Crippen LogP contribution in [0.4, 0.5) is 14.5 Å². The minimum atomic E-state index is -3.55. The Bertz CT molecular complexity index is 467. The van der Waals surface area contributed by atoms with Crippen molar-refractivity contribution in [1.29, 1.82) is 0 Å². The Kier molecular flexibility index (Phi) is 2.55. The highest BCUT2D eigenvalue weighted by Gasteiger charge is 2.43. The molecule has 0 aromatic heterocycles. The summed E-state index contributed by atoms with van der Waals surface area (Å²) in [5.74, 6) is 0.158. The van der Waals surface area contributed by atoms with Crippen LogP contribution in [0, 0.1) is 0 Å². The van der Waals surface area contributed by atoms with E-state index < -0.39 is 6.29 Å². The molecule has 3 rings (SSSR count). The number of nitrogens with one attached hydrogen (secondary N) is 1. The zero-order chi connectivity index (χ0) is 12.8. The molecule has 0 spiro atoms. The summed E-state index contributed by atoms with van der Waals surface area (Å²) in [6, 6.07) is 5.11. The number of ether oxygens (including phenoxy) is 2. The minimum absolute atomic E-state index is 0.0779. The van der Waals surface area contributed by atoms with Crippen LogP contribution in [0.25, 0.3) is 0 Å². The van der Waals surface area contributed by atoms with Gasteiger partial charge in [-0.15, -0.1) is 8.78 Å². The van der Waals surface area contributed by atoms with Crippen LogP contribution >= 0.6 is 0 Å². The van der Waals surface area contributed by atoms with Crippen LogP contribution in [-0.4, -0.2) is 37.4 Å². The molecule has 0 aliphatic carbocycles. The molecular formula is C12H14F2N2O2. The molecule has 0 amide bonds. The quantitative estimate of drug-likeness (QED) is 0.878. The largest absolute Gasteiger partial charge is 0.586 e. The number of anilines is 1. The Hall–Kier alpha value is -1.56. The van der Waals surface area contributed by atoms with Crippen molar-refractivity contribution >= 4 is 5.69 Å². The SMILES string of the molecule is CN1CCC(Nc2ccc3c(c2)OC(F)(F)O3)C1. The monoisotopic (exact) mass is 256 g/mol. The van der Waals surface area contributed by atoms with Gasteiger partial charge in [-0.25, -0.2) is 0 Å². The molecule has 1 fully saturated rings. The zero-order valence-corrected chi connectivity index (χ0v) is 9.95. The number of hydrogen-bond acceptors (Lipinski definition) is 4. The van der Waals surface area contributed by atoms with Gasteiger partial charge < -0.3 is 19.7 Å². The first-order valence-electron chi connectivity index (χ1n) is 5.87.